The van der Waals surface area contributed by atoms with Crippen molar-refractivity contribution >= 4 is 113 Å². The molecule has 0 radical (unpaired) electrons. The molecule has 2 nitrogen and oxygen atoms in total. The van der Waals surface area contributed by atoms with Crippen molar-refractivity contribution in [2.24, 2.45) is 0 Å². The van der Waals surface area contributed by atoms with Crippen molar-refractivity contribution in [3.8, 4) is 89.0 Å². The Kier molecular flexibility index (Phi) is 14.8. The predicted octanol–water partition coefficient (Wildman–Crippen LogP) is 22.5. The van der Waals surface area contributed by atoms with E-state index in [2.05, 4.69) is 410 Å². The Balaban J connectivity index is 0.987. The highest BCUT2D eigenvalue weighted by Gasteiger charge is 2.45. The fourth-order valence-electron chi connectivity index (χ4n) is 17.7. The average Bonchev–Trinajstić information content (AvgIpc) is 0.674. The fraction of sp³-hybridized carbons (Fsp3) is 0. The normalized spacial score (nSPS) is 12.3. The zero-order valence-electron chi connectivity index (χ0n) is 57.2. The molecule has 0 fully saturated rings. The summed E-state index contributed by atoms with van der Waals surface area (Å²) in [6, 6.07) is 150. The van der Waals surface area contributed by atoms with Gasteiger partial charge in [0.05, 0.1) is 0 Å². The van der Waals surface area contributed by atoms with E-state index >= 15 is 0 Å². The molecule has 0 N–H and O–H groups in total. The Morgan fingerprint density at radius 2 is 0.423 bits per heavy atom. The number of para-hydroxylation sites is 4. The average molecular weight is 1320 g/mol. The molecule has 2 aliphatic heterocycles. The lowest BCUT2D eigenvalue weighted by Gasteiger charge is -2.42. The second kappa shape index (κ2) is 25.4. The minimum Gasteiger partial charge on any atom is -0.311 e. The molecule has 482 valence electrons. The molecule has 4 heteroatoms. The molecule has 0 saturated heterocycles. The Morgan fingerprint density at radius 3 is 0.721 bits per heavy atom. The molecule has 0 saturated carbocycles. The number of rotatable bonds is 12. The van der Waals surface area contributed by atoms with Crippen molar-refractivity contribution in [3.05, 3.63) is 400 Å². The second-order valence-electron chi connectivity index (χ2n) is 27.6. The van der Waals surface area contributed by atoms with E-state index < -0.39 is 0 Å². The van der Waals surface area contributed by atoms with Gasteiger partial charge in [0.25, 0.3) is 0 Å². The Morgan fingerprint density at radius 1 is 0.183 bits per heavy atom. The molecular formula is C100H66B2N2. The van der Waals surface area contributed by atoms with Crippen LogP contribution in [0.25, 0.3) is 121 Å². The van der Waals surface area contributed by atoms with E-state index in [4.69, 9.17) is 0 Å². The summed E-state index contributed by atoms with van der Waals surface area (Å²) in [5.74, 6) is 0. The summed E-state index contributed by atoms with van der Waals surface area (Å²) in [7, 11) is 0. The number of hydrogen-bond donors (Lipinski definition) is 0. The van der Waals surface area contributed by atoms with Gasteiger partial charge in [0, 0.05) is 55.7 Å². The van der Waals surface area contributed by atoms with E-state index in [0.29, 0.717) is 0 Å². The van der Waals surface area contributed by atoms with Crippen LogP contribution >= 0.6 is 0 Å². The summed E-state index contributed by atoms with van der Waals surface area (Å²) in [6.45, 7) is -0.587. The number of anilines is 6. The smallest absolute Gasteiger partial charge is 0.249 e. The number of benzene rings is 18. The van der Waals surface area contributed by atoms with Gasteiger partial charge < -0.3 is 9.80 Å². The summed E-state index contributed by atoms with van der Waals surface area (Å²) in [6.07, 6.45) is 0. The third kappa shape index (κ3) is 9.89. The number of fused-ring (bicyclic) bond motifs is 6. The molecular weight excluding hydrogens is 1250 g/mol. The first-order chi connectivity index (χ1) is 51.7. The van der Waals surface area contributed by atoms with Crippen molar-refractivity contribution in [1.29, 1.82) is 0 Å². The maximum absolute atomic E-state index is 2.62. The molecule has 2 heterocycles. The molecule has 0 aromatic heterocycles. The predicted molar refractivity (Wildman–Crippen MR) is 445 cm³/mol. The monoisotopic (exact) mass is 1320 g/mol. The summed E-state index contributed by atoms with van der Waals surface area (Å²) in [4.78, 5) is 5.24. The van der Waals surface area contributed by atoms with Crippen molar-refractivity contribution < 1.29 is 0 Å². The van der Waals surface area contributed by atoms with Gasteiger partial charge in [-0.2, -0.15) is 0 Å². The maximum atomic E-state index is 2.62. The van der Waals surface area contributed by atoms with Gasteiger partial charge in [-0.25, -0.2) is 0 Å². The lowest BCUT2D eigenvalue weighted by Crippen LogP contribution is -2.59. The van der Waals surface area contributed by atoms with E-state index in [0.717, 1.165) is 33.9 Å². The molecule has 0 atom stereocenters. The minimum atomic E-state index is -0.294. The van der Waals surface area contributed by atoms with Crippen LogP contribution in [0.1, 0.15) is 0 Å². The highest BCUT2D eigenvalue weighted by molar-refractivity contribution is 7.02. The molecule has 0 unspecified atom stereocenters. The van der Waals surface area contributed by atoms with Gasteiger partial charge in [0.1, 0.15) is 0 Å². The minimum absolute atomic E-state index is 0.294. The summed E-state index contributed by atoms with van der Waals surface area (Å²) in [5, 5.41) is 7.24. The molecule has 0 bridgehead atoms. The molecule has 20 rings (SSSR count). The van der Waals surface area contributed by atoms with E-state index in [-0.39, 0.29) is 13.4 Å². The Labute approximate surface area is 607 Å². The molecule has 2 aliphatic rings. The van der Waals surface area contributed by atoms with E-state index in [9.17, 15) is 0 Å². The second-order valence-corrected chi connectivity index (χ2v) is 27.6. The summed E-state index contributed by atoms with van der Waals surface area (Å²) >= 11 is 0. The lowest BCUT2D eigenvalue weighted by molar-refractivity contribution is 1.31. The van der Waals surface area contributed by atoms with Crippen LogP contribution < -0.4 is 42.6 Å². The first kappa shape index (κ1) is 60.7. The largest absolute Gasteiger partial charge is 0.311 e. The summed E-state index contributed by atoms with van der Waals surface area (Å²) in [5.41, 5.74) is 33.3. The highest BCUT2D eigenvalue weighted by atomic mass is 15.2. The number of nitrogens with zero attached hydrogens (tertiary/aromatic N) is 2. The standard InChI is InChI=1S/C100H66B2N2/c1-11-35-67(36-12-1)75-63-83(69-39-15-3-16-40-69)95(84(64-75)70-41-17-4-18-42-70)101-87-55-31-33-57-89(87)103(77-51-27-9-28-52-77)99-81-61-60-80-92(74-49-25-8-26-50-74)98-100(82-62-59-79(93(81)94(80)82)91(97(99)101)73-47-23-7-24-48-73)104(78-53-29-10-30-54-78)90-58-34-32-56-88(90)102(98)96-85(71-43-19-5-20-44-71)65-76(68-37-13-2-14-38-68)66-86(96)72-45-21-6-22-46-72/h1-66H. The third-order valence-corrected chi connectivity index (χ3v) is 21.9. The van der Waals surface area contributed by atoms with Gasteiger partial charge in [0.15, 0.2) is 0 Å². The molecule has 0 aliphatic carbocycles. The van der Waals surface area contributed by atoms with Crippen LogP contribution in [0.3, 0.4) is 0 Å². The Hall–Kier alpha value is -13.3. The quantitative estimate of drug-likeness (QED) is 0.0889. The molecule has 18 aromatic carbocycles. The van der Waals surface area contributed by atoms with Crippen molar-refractivity contribution in [2.45, 2.75) is 0 Å². The van der Waals surface area contributed by atoms with Crippen LogP contribution in [-0.4, -0.2) is 13.4 Å². The van der Waals surface area contributed by atoms with E-state index in [1.165, 1.54) is 154 Å². The molecule has 104 heavy (non-hydrogen) atoms. The van der Waals surface area contributed by atoms with Crippen molar-refractivity contribution in [2.75, 3.05) is 9.80 Å². The van der Waals surface area contributed by atoms with Crippen molar-refractivity contribution in [3.63, 3.8) is 0 Å². The molecule has 18 aromatic rings. The van der Waals surface area contributed by atoms with Gasteiger partial charge in [0.2, 0.25) is 13.4 Å². The van der Waals surface area contributed by atoms with Crippen LogP contribution in [0.5, 0.6) is 0 Å². The van der Waals surface area contributed by atoms with Gasteiger partial charge in [-0.05, 0) is 182 Å². The van der Waals surface area contributed by atoms with E-state index in [1.807, 2.05) is 0 Å². The summed E-state index contributed by atoms with van der Waals surface area (Å²) < 4.78 is 0. The highest BCUT2D eigenvalue weighted by Crippen LogP contribution is 2.54. The van der Waals surface area contributed by atoms with Crippen molar-refractivity contribution in [1.82, 2.24) is 0 Å². The number of hydrogen-bond acceptors (Lipinski definition) is 2. The van der Waals surface area contributed by atoms with E-state index in [1.54, 1.807) is 0 Å². The first-order valence-electron chi connectivity index (χ1n) is 36.2. The van der Waals surface area contributed by atoms with Gasteiger partial charge >= 0.3 is 0 Å². The zero-order chi connectivity index (χ0) is 68.6. The van der Waals surface area contributed by atoms with Crippen LogP contribution in [0.15, 0.2) is 400 Å². The van der Waals surface area contributed by atoms with Gasteiger partial charge in [-0.15, -0.1) is 0 Å². The maximum Gasteiger partial charge on any atom is 0.249 e. The van der Waals surface area contributed by atoms with Crippen LogP contribution in [-0.2, 0) is 0 Å². The molecule has 0 spiro atoms. The molecule has 0 amide bonds. The topological polar surface area (TPSA) is 6.48 Å². The van der Waals surface area contributed by atoms with Crippen LogP contribution in [0, 0.1) is 0 Å². The Bertz CT molecular complexity index is 5730. The van der Waals surface area contributed by atoms with Crippen LogP contribution in [0.2, 0.25) is 0 Å². The van der Waals surface area contributed by atoms with Crippen LogP contribution in [0.4, 0.5) is 34.1 Å². The van der Waals surface area contributed by atoms with Gasteiger partial charge in [-0.1, -0.05) is 351 Å². The zero-order valence-corrected chi connectivity index (χ0v) is 57.2. The fourth-order valence-corrected chi connectivity index (χ4v) is 17.7. The third-order valence-electron chi connectivity index (χ3n) is 21.9. The first-order valence-corrected chi connectivity index (χ1v) is 36.2. The van der Waals surface area contributed by atoms with Gasteiger partial charge in [-0.3, -0.25) is 0 Å². The lowest BCUT2D eigenvalue weighted by atomic mass is 9.32. The SMILES string of the molecule is c1ccc(-c2cc(-c3ccccc3)c(B3c4ccccc4N(c4ccccc4)c4c3c(-c3ccccc3)c3ccc5c6c(c(-c7ccccc7)c7ccc4c3c75)B(c3c(-c4ccccc4)cc(-c4ccccc4)cc3-c3ccccc3)c3ccccc3N6c3ccccc3)c(-c3ccccc3)c2)cc1.